The zero-order valence-electron chi connectivity index (χ0n) is 12.8. The molecule has 5 nitrogen and oxygen atoms in total. The van der Waals surface area contributed by atoms with Crippen LogP contribution in [0, 0.1) is 5.82 Å². The van der Waals surface area contributed by atoms with Crippen LogP contribution in [0.4, 0.5) is 10.1 Å². The summed E-state index contributed by atoms with van der Waals surface area (Å²) in [4.78, 5) is 16.0. The van der Waals surface area contributed by atoms with E-state index >= 15 is 0 Å². The number of para-hydroxylation sites is 1. The Balaban J connectivity index is 1.94. The van der Waals surface area contributed by atoms with E-state index in [9.17, 15) is 9.18 Å². The van der Waals surface area contributed by atoms with E-state index in [-0.39, 0.29) is 17.7 Å². The van der Waals surface area contributed by atoms with Gasteiger partial charge in [0.1, 0.15) is 5.82 Å². The molecule has 1 amide bonds. The largest absolute Gasteiger partial charge is 0.477 e. The summed E-state index contributed by atoms with van der Waals surface area (Å²) in [5.41, 5.74) is 3.37. The van der Waals surface area contributed by atoms with E-state index in [1.807, 2.05) is 30.3 Å². The van der Waals surface area contributed by atoms with Gasteiger partial charge in [0.25, 0.3) is 0 Å². The molecule has 1 aliphatic rings. The van der Waals surface area contributed by atoms with E-state index in [2.05, 4.69) is 10.4 Å². The minimum Gasteiger partial charge on any atom is -0.433 e. The average molecular weight is 314 g/mol. The minimum absolute atomic E-state index is 0.246. The number of nitrogens with one attached hydrogen (secondary N) is 2. The average Bonchev–Trinajstić information content (AvgIpc) is 2.82. The molecule has 1 unspecified atom stereocenters. The summed E-state index contributed by atoms with van der Waals surface area (Å²) in [7, 11) is 1.48. The molecule has 0 saturated carbocycles. The maximum Gasteiger partial charge on any atom is 0.477 e. The van der Waals surface area contributed by atoms with Crippen molar-refractivity contribution in [2.75, 3.05) is 12.5 Å². The molecule has 118 valence electrons. The van der Waals surface area contributed by atoms with Gasteiger partial charge in [0.05, 0.1) is 12.8 Å². The number of amides is 1. The lowest BCUT2D eigenvalue weighted by molar-refractivity contribution is -0.540. The lowest BCUT2D eigenvalue weighted by Crippen LogP contribution is -2.83. The van der Waals surface area contributed by atoms with Crippen LogP contribution >= 0.6 is 0 Å². The Kier molecular flexibility index (Phi) is 3.73. The highest BCUT2D eigenvalue weighted by atomic mass is 19.1. The number of hydrazine groups is 1. The lowest BCUT2D eigenvalue weighted by atomic mass is 9.92. The van der Waals surface area contributed by atoms with Gasteiger partial charge in [-0.15, -0.1) is 0 Å². The van der Waals surface area contributed by atoms with Crippen LogP contribution in [0.3, 0.4) is 0 Å². The monoisotopic (exact) mass is 314 g/mol. The molecule has 1 aliphatic heterocycles. The van der Waals surface area contributed by atoms with Crippen molar-refractivity contribution in [1.29, 1.82) is 0 Å². The van der Waals surface area contributed by atoms with E-state index in [0.29, 0.717) is 5.56 Å². The summed E-state index contributed by atoms with van der Waals surface area (Å²) in [5.74, 6) is -0.595. The first-order chi connectivity index (χ1) is 11.0. The number of halogens is 1. The van der Waals surface area contributed by atoms with Crippen molar-refractivity contribution in [1.82, 2.24) is 5.01 Å². The molecule has 0 radical (unpaired) electrons. The van der Waals surface area contributed by atoms with E-state index in [4.69, 9.17) is 4.74 Å². The molecule has 0 bridgehead atoms. The first-order valence-corrected chi connectivity index (χ1v) is 7.16. The normalized spacial score (nSPS) is 20.4. The Morgan fingerprint density at radius 3 is 2.39 bits per heavy atom. The van der Waals surface area contributed by atoms with Gasteiger partial charge < -0.3 is 4.74 Å². The molecular formula is C17H17FN3O2+. The van der Waals surface area contributed by atoms with Gasteiger partial charge in [-0.1, -0.05) is 30.3 Å². The Bertz CT molecular complexity index is 746. The van der Waals surface area contributed by atoms with Crippen molar-refractivity contribution < 1.29 is 18.9 Å². The number of methoxy groups -OCH3 is 1. The number of ether oxygens (including phenoxy) is 1. The third kappa shape index (κ3) is 2.63. The van der Waals surface area contributed by atoms with E-state index in [1.165, 1.54) is 24.3 Å². The molecule has 0 aromatic heterocycles. The molecule has 23 heavy (non-hydrogen) atoms. The SMILES string of the molecule is COC1=[NH+]C(C)(c2ccc(F)cc2)C(=O)N1Nc1ccccc1. The molecule has 0 aliphatic carbocycles. The van der Waals surface area contributed by atoms with Crippen LogP contribution < -0.4 is 10.4 Å². The minimum atomic E-state index is -1.04. The van der Waals surface area contributed by atoms with Gasteiger partial charge in [0, 0.05) is 5.56 Å². The summed E-state index contributed by atoms with van der Waals surface area (Å²) >= 11 is 0. The molecule has 3 rings (SSSR count). The molecule has 2 N–H and O–H groups in total. The second kappa shape index (κ2) is 5.72. The second-order valence-electron chi connectivity index (χ2n) is 5.38. The van der Waals surface area contributed by atoms with Crippen LogP contribution in [0.1, 0.15) is 12.5 Å². The number of rotatable bonds is 3. The molecule has 1 atom stereocenters. The number of carbonyl (C=O) groups is 1. The predicted octanol–water partition coefficient (Wildman–Crippen LogP) is 0.993. The third-order valence-corrected chi connectivity index (χ3v) is 3.82. The highest BCUT2D eigenvalue weighted by Gasteiger charge is 2.55. The van der Waals surface area contributed by atoms with Crippen LogP contribution in [0.25, 0.3) is 0 Å². The molecule has 0 spiro atoms. The van der Waals surface area contributed by atoms with Gasteiger partial charge >= 0.3 is 11.9 Å². The van der Waals surface area contributed by atoms with Crippen molar-refractivity contribution in [3.63, 3.8) is 0 Å². The Labute approximate surface area is 133 Å². The number of nitrogens with zero attached hydrogens (tertiary/aromatic N) is 1. The van der Waals surface area contributed by atoms with Gasteiger partial charge in [-0.05, 0) is 36.2 Å². The zero-order chi connectivity index (χ0) is 16.4. The molecule has 6 heteroatoms. The molecule has 1 heterocycles. The highest BCUT2D eigenvalue weighted by molar-refractivity contribution is 6.01. The molecule has 2 aromatic carbocycles. The van der Waals surface area contributed by atoms with E-state index in [1.54, 1.807) is 19.1 Å². The van der Waals surface area contributed by atoms with Gasteiger partial charge in [-0.3, -0.25) is 0 Å². The fourth-order valence-corrected chi connectivity index (χ4v) is 2.50. The number of benzene rings is 2. The van der Waals surface area contributed by atoms with Crippen molar-refractivity contribution in [3.05, 3.63) is 66.0 Å². The Morgan fingerprint density at radius 2 is 1.78 bits per heavy atom. The van der Waals surface area contributed by atoms with Gasteiger partial charge in [-0.25, -0.2) is 19.6 Å². The first-order valence-electron chi connectivity index (χ1n) is 7.16. The molecule has 0 saturated heterocycles. The first kappa shape index (κ1) is 15.0. The van der Waals surface area contributed by atoms with Crippen LogP contribution in [0.15, 0.2) is 54.6 Å². The van der Waals surface area contributed by atoms with E-state index < -0.39 is 5.54 Å². The maximum absolute atomic E-state index is 13.1. The van der Waals surface area contributed by atoms with Crippen molar-refractivity contribution in [3.8, 4) is 0 Å². The Morgan fingerprint density at radius 1 is 1.13 bits per heavy atom. The summed E-state index contributed by atoms with van der Waals surface area (Å²) in [6.45, 7) is 1.73. The van der Waals surface area contributed by atoms with E-state index in [0.717, 1.165) is 5.69 Å². The summed E-state index contributed by atoms with van der Waals surface area (Å²) in [5, 5.41) is 1.32. The van der Waals surface area contributed by atoms with Crippen LogP contribution in [0.5, 0.6) is 0 Å². The van der Waals surface area contributed by atoms with Gasteiger partial charge in [0.15, 0.2) is 0 Å². The number of amidine groups is 1. The summed E-state index contributed by atoms with van der Waals surface area (Å²) < 4.78 is 18.4. The second-order valence-corrected chi connectivity index (χ2v) is 5.38. The molecular weight excluding hydrogens is 297 g/mol. The third-order valence-electron chi connectivity index (χ3n) is 3.82. The standard InChI is InChI=1S/C17H16FN3O2/c1-17(12-8-10-13(18)11-9-12)15(22)21(16(19-17)23-2)20-14-6-4-3-5-7-14/h3-11,20H,1-2H3/p+1. The topological polar surface area (TPSA) is 55.5 Å². The summed E-state index contributed by atoms with van der Waals surface area (Å²) in [6, 6.07) is 15.4. The summed E-state index contributed by atoms with van der Waals surface area (Å²) in [6.07, 6.45) is 0. The maximum atomic E-state index is 13.1. The van der Waals surface area contributed by atoms with Crippen molar-refractivity contribution >= 4 is 17.6 Å². The molecule has 2 aromatic rings. The molecule has 0 fully saturated rings. The van der Waals surface area contributed by atoms with Crippen LogP contribution in [-0.4, -0.2) is 24.0 Å². The number of anilines is 1. The fourth-order valence-electron chi connectivity index (χ4n) is 2.50. The highest BCUT2D eigenvalue weighted by Crippen LogP contribution is 2.23. The lowest BCUT2D eigenvalue weighted by Gasteiger charge is -2.16. The quantitative estimate of drug-likeness (QED) is 0.888. The van der Waals surface area contributed by atoms with Gasteiger partial charge in [-0.2, -0.15) is 0 Å². The van der Waals surface area contributed by atoms with Gasteiger partial charge in [0.2, 0.25) is 5.54 Å². The fraction of sp³-hybridized carbons (Fsp3) is 0.176. The van der Waals surface area contributed by atoms with Crippen molar-refractivity contribution in [2.24, 2.45) is 0 Å². The number of hydrogen-bond donors (Lipinski definition) is 2. The van der Waals surface area contributed by atoms with Crippen molar-refractivity contribution in [2.45, 2.75) is 12.5 Å². The number of carbonyl (C=O) groups excluding carboxylic acids is 1. The predicted molar refractivity (Wildman–Crippen MR) is 83.6 cm³/mol. The van der Waals surface area contributed by atoms with Crippen LogP contribution in [-0.2, 0) is 15.1 Å². The number of hydrogen-bond acceptors (Lipinski definition) is 3. The zero-order valence-corrected chi connectivity index (χ0v) is 12.8. The van der Waals surface area contributed by atoms with Crippen LogP contribution in [0.2, 0.25) is 0 Å². The smallest absolute Gasteiger partial charge is 0.433 e. The Hall–Kier alpha value is -2.89.